The van der Waals surface area contributed by atoms with E-state index in [0.29, 0.717) is 36.5 Å². The molecule has 0 atom stereocenters. The fraction of sp³-hybridized carbons (Fsp3) is 0.167. The average molecular weight is 437 g/mol. The number of benzene rings is 3. The van der Waals surface area contributed by atoms with Gasteiger partial charge in [0, 0.05) is 18.1 Å². The van der Waals surface area contributed by atoms with Crippen molar-refractivity contribution < 1.29 is 19.1 Å². The monoisotopic (exact) mass is 436 g/mol. The van der Waals surface area contributed by atoms with Crippen LogP contribution >= 0.6 is 11.6 Å². The molecule has 1 heterocycles. The number of hydrogen-bond acceptors (Lipinski definition) is 5. The maximum atomic E-state index is 10.9. The van der Waals surface area contributed by atoms with Gasteiger partial charge in [0.2, 0.25) is 0 Å². The van der Waals surface area contributed by atoms with Crippen molar-refractivity contribution in [1.29, 1.82) is 0 Å². The number of rotatable bonds is 9. The van der Waals surface area contributed by atoms with Gasteiger partial charge in [-0.15, -0.1) is 0 Å². The van der Waals surface area contributed by atoms with Crippen LogP contribution in [0.3, 0.4) is 0 Å². The third-order valence-corrected chi connectivity index (χ3v) is 5.03. The lowest BCUT2D eigenvalue weighted by molar-refractivity contribution is 0.0697. The number of halogens is 1. The normalized spacial score (nSPS) is 10.9. The molecule has 3 aromatic carbocycles. The van der Waals surface area contributed by atoms with Crippen LogP contribution in [0, 0.1) is 0 Å². The lowest BCUT2D eigenvalue weighted by Crippen LogP contribution is -2.25. The molecule has 0 saturated carbocycles. The number of fused-ring (bicyclic) bond motifs is 1. The van der Waals surface area contributed by atoms with Gasteiger partial charge in [0.1, 0.15) is 11.3 Å². The number of carboxylic acid groups (broad SMARTS) is 1. The van der Waals surface area contributed by atoms with E-state index in [9.17, 15) is 4.79 Å². The summed E-state index contributed by atoms with van der Waals surface area (Å²) < 4.78 is 11.7. The van der Waals surface area contributed by atoms with Gasteiger partial charge in [0.25, 0.3) is 6.01 Å². The van der Waals surface area contributed by atoms with Crippen LogP contribution in [0.1, 0.15) is 22.3 Å². The predicted molar refractivity (Wildman–Crippen MR) is 120 cm³/mol. The Morgan fingerprint density at radius 3 is 2.48 bits per heavy atom. The highest BCUT2D eigenvalue weighted by atomic mass is 35.5. The summed E-state index contributed by atoms with van der Waals surface area (Å²) in [6, 6.07) is 22.3. The second-order valence-electron chi connectivity index (χ2n) is 7.04. The van der Waals surface area contributed by atoms with Gasteiger partial charge in [0.15, 0.2) is 5.58 Å². The molecule has 0 spiro atoms. The fourth-order valence-electron chi connectivity index (χ4n) is 3.19. The lowest BCUT2D eigenvalue weighted by Gasteiger charge is -2.21. The second-order valence-corrected chi connectivity index (χ2v) is 7.48. The van der Waals surface area contributed by atoms with Gasteiger partial charge in [-0.1, -0.05) is 35.9 Å². The summed E-state index contributed by atoms with van der Waals surface area (Å²) in [6.07, 6.45) is 0.729. The molecule has 0 unspecified atom stereocenters. The van der Waals surface area contributed by atoms with Gasteiger partial charge in [0.05, 0.1) is 12.2 Å². The van der Waals surface area contributed by atoms with Gasteiger partial charge >= 0.3 is 5.97 Å². The third-order valence-electron chi connectivity index (χ3n) is 4.78. The van der Waals surface area contributed by atoms with Crippen LogP contribution in [0.2, 0.25) is 5.02 Å². The number of carboxylic acids is 1. The van der Waals surface area contributed by atoms with Gasteiger partial charge in [-0.3, -0.25) is 0 Å². The lowest BCUT2D eigenvalue weighted by atomic mass is 10.2. The number of ether oxygens (including phenoxy) is 1. The van der Waals surface area contributed by atoms with Crippen molar-refractivity contribution in [2.45, 2.75) is 13.0 Å². The standard InChI is InChI=1S/C24H21ClN2O4/c25-19-10-6-17(7-11-19)16-27(24-26-21-4-1-2-5-22(21)31-24)14-3-15-30-20-12-8-18(9-13-20)23(28)29/h1-2,4-13H,3,14-16H2,(H,28,29). The highest BCUT2D eigenvalue weighted by Crippen LogP contribution is 2.24. The first-order valence-corrected chi connectivity index (χ1v) is 10.3. The molecule has 6 nitrogen and oxygen atoms in total. The van der Waals surface area contributed by atoms with E-state index in [1.807, 2.05) is 48.5 Å². The quantitative estimate of drug-likeness (QED) is 0.341. The molecule has 1 N–H and O–H groups in total. The number of nitrogens with zero attached hydrogens (tertiary/aromatic N) is 2. The summed E-state index contributed by atoms with van der Waals surface area (Å²) in [5, 5.41) is 9.67. The molecule has 7 heteroatoms. The molecule has 0 aliphatic rings. The number of hydrogen-bond donors (Lipinski definition) is 1. The molecule has 0 amide bonds. The van der Waals surface area contributed by atoms with Crippen molar-refractivity contribution in [3.63, 3.8) is 0 Å². The van der Waals surface area contributed by atoms with Crippen LogP contribution in [0.5, 0.6) is 5.75 Å². The Hall–Kier alpha value is -3.51. The zero-order chi connectivity index (χ0) is 21.6. The summed E-state index contributed by atoms with van der Waals surface area (Å²) in [5.41, 5.74) is 2.89. The summed E-state index contributed by atoms with van der Waals surface area (Å²) in [4.78, 5) is 17.6. The largest absolute Gasteiger partial charge is 0.494 e. The average Bonchev–Trinajstić information content (AvgIpc) is 3.22. The zero-order valence-corrected chi connectivity index (χ0v) is 17.5. The van der Waals surface area contributed by atoms with E-state index in [4.69, 9.17) is 25.9 Å². The predicted octanol–water partition coefficient (Wildman–Crippen LogP) is 5.66. The molecular formula is C24H21ClN2O4. The van der Waals surface area contributed by atoms with Gasteiger partial charge in [-0.25, -0.2) is 4.79 Å². The van der Waals surface area contributed by atoms with Crippen LogP contribution in [0.25, 0.3) is 11.1 Å². The van der Waals surface area contributed by atoms with Crippen molar-refractivity contribution in [3.05, 3.63) is 88.9 Å². The smallest absolute Gasteiger partial charge is 0.335 e. The van der Waals surface area contributed by atoms with Crippen molar-refractivity contribution in [1.82, 2.24) is 4.98 Å². The van der Waals surface area contributed by atoms with E-state index >= 15 is 0 Å². The van der Waals surface area contributed by atoms with Gasteiger partial charge in [-0.05, 0) is 60.5 Å². The highest BCUT2D eigenvalue weighted by Gasteiger charge is 2.15. The molecule has 158 valence electrons. The first-order chi connectivity index (χ1) is 15.1. The summed E-state index contributed by atoms with van der Waals surface area (Å²) in [5.74, 6) is -0.321. The SMILES string of the molecule is O=C(O)c1ccc(OCCCN(Cc2ccc(Cl)cc2)c2nc3ccccc3o2)cc1. The number of anilines is 1. The molecule has 0 saturated heterocycles. The minimum absolute atomic E-state index is 0.234. The summed E-state index contributed by atoms with van der Waals surface area (Å²) in [7, 11) is 0. The van der Waals surface area contributed by atoms with Crippen LogP contribution in [-0.2, 0) is 6.54 Å². The Morgan fingerprint density at radius 1 is 1.03 bits per heavy atom. The van der Waals surface area contributed by atoms with Crippen molar-refractivity contribution >= 4 is 34.7 Å². The number of carbonyl (C=O) groups is 1. The maximum Gasteiger partial charge on any atom is 0.335 e. The fourth-order valence-corrected chi connectivity index (χ4v) is 3.31. The summed E-state index contributed by atoms with van der Waals surface area (Å²) >= 11 is 6.01. The molecule has 1 aromatic heterocycles. The van der Waals surface area contributed by atoms with Crippen molar-refractivity contribution in [2.75, 3.05) is 18.1 Å². The van der Waals surface area contributed by atoms with Crippen LogP contribution in [-0.4, -0.2) is 29.2 Å². The second kappa shape index (κ2) is 9.53. The van der Waals surface area contributed by atoms with Crippen molar-refractivity contribution in [3.8, 4) is 5.75 Å². The van der Waals surface area contributed by atoms with Gasteiger partial charge in [-0.2, -0.15) is 4.98 Å². The molecule has 4 rings (SSSR count). The third kappa shape index (κ3) is 5.35. The van der Waals surface area contributed by atoms with E-state index in [1.54, 1.807) is 12.1 Å². The van der Waals surface area contributed by atoms with Gasteiger partial charge < -0.3 is 19.2 Å². The van der Waals surface area contributed by atoms with E-state index in [-0.39, 0.29) is 5.56 Å². The molecule has 0 aliphatic heterocycles. The summed E-state index contributed by atoms with van der Waals surface area (Å²) in [6.45, 7) is 1.77. The molecule has 0 radical (unpaired) electrons. The minimum atomic E-state index is -0.956. The first-order valence-electron chi connectivity index (χ1n) is 9.89. The highest BCUT2D eigenvalue weighted by molar-refractivity contribution is 6.30. The van der Waals surface area contributed by atoms with Crippen molar-refractivity contribution in [2.24, 2.45) is 0 Å². The number of oxazole rings is 1. The van der Waals surface area contributed by atoms with E-state index in [1.165, 1.54) is 12.1 Å². The Morgan fingerprint density at radius 2 is 1.77 bits per heavy atom. The first kappa shape index (κ1) is 20.8. The van der Waals surface area contributed by atoms with E-state index in [2.05, 4.69) is 9.88 Å². The molecule has 31 heavy (non-hydrogen) atoms. The molecular weight excluding hydrogens is 416 g/mol. The van der Waals surface area contributed by atoms with E-state index < -0.39 is 5.97 Å². The number of aromatic nitrogens is 1. The number of para-hydroxylation sites is 2. The molecule has 4 aromatic rings. The molecule has 0 bridgehead atoms. The minimum Gasteiger partial charge on any atom is -0.494 e. The van der Waals surface area contributed by atoms with E-state index in [0.717, 1.165) is 23.1 Å². The molecule has 0 aliphatic carbocycles. The number of aromatic carboxylic acids is 1. The Labute approximate surface area is 184 Å². The Balaban J connectivity index is 1.42. The van der Waals surface area contributed by atoms with Crippen LogP contribution < -0.4 is 9.64 Å². The topological polar surface area (TPSA) is 75.8 Å². The zero-order valence-electron chi connectivity index (χ0n) is 16.7. The molecule has 0 fully saturated rings. The van der Waals surface area contributed by atoms with Crippen LogP contribution in [0.4, 0.5) is 6.01 Å². The maximum absolute atomic E-state index is 10.9. The Kier molecular flexibility index (Phi) is 6.38. The van der Waals surface area contributed by atoms with Crippen LogP contribution in [0.15, 0.2) is 77.2 Å². The Bertz CT molecular complexity index is 1120.